The predicted octanol–water partition coefficient (Wildman–Crippen LogP) is 0.0966. The molecule has 2 fully saturated rings. The molecule has 0 spiro atoms. The topological polar surface area (TPSA) is 110 Å². The summed E-state index contributed by atoms with van der Waals surface area (Å²) in [5.74, 6) is 0.187. The summed E-state index contributed by atoms with van der Waals surface area (Å²) in [7, 11) is -7.16. The molecule has 128 valence electrons. The molecule has 2 aliphatic rings. The van der Waals surface area contributed by atoms with E-state index in [1.807, 2.05) is 0 Å². The summed E-state index contributed by atoms with van der Waals surface area (Å²) >= 11 is 0. The molecular formula is C14H21N3O4S2. The van der Waals surface area contributed by atoms with E-state index < -0.39 is 20.0 Å². The van der Waals surface area contributed by atoms with Crippen LogP contribution >= 0.6 is 0 Å². The molecule has 1 unspecified atom stereocenters. The minimum Gasteiger partial charge on any atom is -0.330 e. The van der Waals surface area contributed by atoms with Gasteiger partial charge in [-0.05, 0) is 56.0 Å². The smallest absolute Gasteiger partial charge is 0.243 e. The van der Waals surface area contributed by atoms with Crippen LogP contribution in [-0.4, -0.2) is 46.8 Å². The van der Waals surface area contributed by atoms with Crippen molar-refractivity contribution >= 4 is 20.0 Å². The van der Waals surface area contributed by atoms with Gasteiger partial charge in [0.2, 0.25) is 20.0 Å². The number of sulfonamides is 2. The Hall–Kier alpha value is -1.00. The number of rotatable bonds is 6. The number of nitrogens with one attached hydrogen (secondary N) is 1. The summed E-state index contributed by atoms with van der Waals surface area (Å²) in [6.45, 7) is 1.34. The van der Waals surface area contributed by atoms with E-state index in [-0.39, 0.29) is 21.8 Å². The highest BCUT2D eigenvalue weighted by atomic mass is 32.2. The normalized spacial score (nSPS) is 23.3. The highest BCUT2D eigenvalue weighted by molar-refractivity contribution is 7.89. The highest BCUT2D eigenvalue weighted by Gasteiger charge is 2.32. The van der Waals surface area contributed by atoms with Crippen molar-refractivity contribution in [2.45, 2.75) is 35.1 Å². The van der Waals surface area contributed by atoms with Gasteiger partial charge in [0, 0.05) is 19.1 Å². The molecule has 1 aromatic carbocycles. The average molecular weight is 359 g/mol. The van der Waals surface area contributed by atoms with Gasteiger partial charge in [-0.25, -0.2) is 21.6 Å². The Morgan fingerprint density at radius 1 is 1.04 bits per heavy atom. The SMILES string of the molecule is NCC1CCN(S(=O)(=O)c2ccc(S(=O)(=O)NC3CC3)cc2)C1. The summed E-state index contributed by atoms with van der Waals surface area (Å²) < 4.78 is 53.3. The van der Waals surface area contributed by atoms with E-state index in [2.05, 4.69) is 4.72 Å². The molecule has 1 saturated carbocycles. The summed E-state index contributed by atoms with van der Waals surface area (Å²) in [6.07, 6.45) is 2.46. The predicted molar refractivity (Wildman–Crippen MR) is 85.7 cm³/mol. The van der Waals surface area contributed by atoms with Crippen LogP contribution in [0, 0.1) is 5.92 Å². The van der Waals surface area contributed by atoms with Gasteiger partial charge in [0.15, 0.2) is 0 Å². The van der Waals surface area contributed by atoms with E-state index in [9.17, 15) is 16.8 Å². The fourth-order valence-electron chi connectivity index (χ4n) is 2.64. The van der Waals surface area contributed by atoms with Crippen LogP contribution in [-0.2, 0) is 20.0 Å². The second-order valence-corrected chi connectivity index (χ2v) is 9.77. The number of benzene rings is 1. The Morgan fingerprint density at radius 2 is 1.65 bits per heavy atom. The van der Waals surface area contributed by atoms with Gasteiger partial charge in [0.05, 0.1) is 9.79 Å². The maximum atomic E-state index is 12.6. The molecule has 1 atom stereocenters. The third-order valence-electron chi connectivity index (χ3n) is 4.25. The Balaban J connectivity index is 1.78. The highest BCUT2D eigenvalue weighted by Crippen LogP contribution is 2.26. The van der Waals surface area contributed by atoms with Gasteiger partial charge < -0.3 is 5.73 Å². The lowest BCUT2D eigenvalue weighted by Crippen LogP contribution is -2.30. The van der Waals surface area contributed by atoms with Gasteiger partial charge in [-0.3, -0.25) is 0 Å². The second kappa shape index (κ2) is 6.14. The van der Waals surface area contributed by atoms with Crippen molar-refractivity contribution in [3.05, 3.63) is 24.3 Å². The molecule has 0 amide bonds. The first-order chi connectivity index (χ1) is 10.8. The fraction of sp³-hybridized carbons (Fsp3) is 0.571. The van der Waals surface area contributed by atoms with Gasteiger partial charge >= 0.3 is 0 Å². The number of nitrogens with two attached hydrogens (primary N) is 1. The quantitative estimate of drug-likeness (QED) is 0.748. The molecule has 1 saturated heterocycles. The summed E-state index contributed by atoms with van der Waals surface area (Å²) in [5, 5.41) is 0. The molecule has 23 heavy (non-hydrogen) atoms. The van der Waals surface area contributed by atoms with Crippen molar-refractivity contribution < 1.29 is 16.8 Å². The Bertz CT molecular complexity index is 771. The molecule has 1 heterocycles. The van der Waals surface area contributed by atoms with Gasteiger partial charge in [-0.1, -0.05) is 0 Å². The van der Waals surface area contributed by atoms with Crippen LogP contribution in [0.1, 0.15) is 19.3 Å². The summed E-state index contributed by atoms with van der Waals surface area (Å²) in [5.41, 5.74) is 5.60. The third kappa shape index (κ3) is 3.58. The molecule has 7 nitrogen and oxygen atoms in total. The zero-order chi connectivity index (χ0) is 16.7. The maximum absolute atomic E-state index is 12.6. The van der Waals surface area contributed by atoms with E-state index in [1.165, 1.54) is 28.6 Å². The van der Waals surface area contributed by atoms with Crippen LogP contribution in [0.5, 0.6) is 0 Å². The van der Waals surface area contributed by atoms with Gasteiger partial charge in [-0.15, -0.1) is 0 Å². The van der Waals surface area contributed by atoms with Crippen LogP contribution in [0.15, 0.2) is 34.1 Å². The zero-order valence-electron chi connectivity index (χ0n) is 12.7. The molecule has 1 aliphatic heterocycles. The first-order valence-electron chi connectivity index (χ1n) is 7.65. The molecule has 0 aromatic heterocycles. The van der Waals surface area contributed by atoms with E-state index in [0.29, 0.717) is 19.6 Å². The monoisotopic (exact) mass is 359 g/mol. The van der Waals surface area contributed by atoms with Crippen LogP contribution < -0.4 is 10.5 Å². The van der Waals surface area contributed by atoms with Gasteiger partial charge in [0.25, 0.3) is 0 Å². The van der Waals surface area contributed by atoms with Crippen molar-refractivity contribution in [2.75, 3.05) is 19.6 Å². The molecule has 9 heteroatoms. The van der Waals surface area contributed by atoms with Crippen LogP contribution in [0.3, 0.4) is 0 Å². The second-order valence-electron chi connectivity index (χ2n) is 6.12. The average Bonchev–Trinajstić information content (AvgIpc) is 3.18. The van der Waals surface area contributed by atoms with Crippen LogP contribution in [0.2, 0.25) is 0 Å². The lowest BCUT2D eigenvalue weighted by atomic mass is 10.1. The van der Waals surface area contributed by atoms with E-state index >= 15 is 0 Å². The van der Waals surface area contributed by atoms with E-state index in [1.54, 1.807) is 0 Å². The zero-order valence-corrected chi connectivity index (χ0v) is 14.3. The number of hydrogen-bond acceptors (Lipinski definition) is 5. The molecular weight excluding hydrogens is 338 g/mol. The maximum Gasteiger partial charge on any atom is 0.243 e. The minimum absolute atomic E-state index is 0.0150. The number of nitrogens with zero attached hydrogens (tertiary/aromatic N) is 1. The van der Waals surface area contributed by atoms with Crippen LogP contribution in [0.4, 0.5) is 0 Å². The van der Waals surface area contributed by atoms with Crippen molar-refractivity contribution in [1.82, 2.24) is 9.03 Å². The Kier molecular flexibility index (Phi) is 4.49. The Labute approximate surface area is 137 Å². The summed E-state index contributed by atoms with van der Waals surface area (Å²) in [4.78, 5) is 0.199. The lowest BCUT2D eigenvalue weighted by molar-refractivity contribution is 0.459. The van der Waals surface area contributed by atoms with Crippen LogP contribution in [0.25, 0.3) is 0 Å². The van der Waals surface area contributed by atoms with Crippen molar-refractivity contribution in [3.63, 3.8) is 0 Å². The van der Waals surface area contributed by atoms with E-state index in [4.69, 9.17) is 5.73 Å². The molecule has 0 bridgehead atoms. The fourth-order valence-corrected chi connectivity index (χ4v) is 5.47. The first kappa shape index (κ1) is 16.8. The first-order valence-corrected chi connectivity index (χ1v) is 10.6. The third-order valence-corrected chi connectivity index (χ3v) is 7.67. The largest absolute Gasteiger partial charge is 0.330 e. The van der Waals surface area contributed by atoms with Gasteiger partial charge in [0.1, 0.15) is 0 Å². The van der Waals surface area contributed by atoms with Crippen molar-refractivity contribution in [3.8, 4) is 0 Å². The molecule has 0 radical (unpaired) electrons. The van der Waals surface area contributed by atoms with E-state index in [0.717, 1.165) is 19.3 Å². The van der Waals surface area contributed by atoms with Crippen molar-refractivity contribution in [2.24, 2.45) is 11.7 Å². The molecule has 1 aliphatic carbocycles. The van der Waals surface area contributed by atoms with Crippen molar-refractivity contribution in [1.29, 1.82) is 0 Å². The minimum atomic E-state index is -3.59. The molecule has 3 N–H and O–H groups in total. The number of hydrogen-bond donors (Lipinski definition) is 2. The molecule has 1 aromatic rings. The lowest BCUT2D eigenvalue weighted by Gasteiger charge is -2.16. The summed E-state index contributed by atoms with van der Waals surface area (Å²) in [6, 6.07) is 5.41. The molecule has 3 rings (SSSR count). The standard InChI is InChI=1S/C14H21N3O4S2/c15-9-11-7-8-17(10-11)23(20,21)14-5-3-13(4-6-14)22(18,19)16-12-1-2-12/h3-6,11-12,16H,1-2,7-10,15H2. The van der Waals surface area contributed by atoms with Gasteiger partial charge in [-0.2, -0.15) is 4.31 Å². The Morgan fingerprint density at radius 3 is 2.17 bits per heavy atom.